The Morgan fingerprint density at radius 3 is 1.88 bits per heavy atom. The van der Waals surface area contributed by atoms with Crippen LogP contribution in [-0.4, -0.2) is 4.92 Å². The average Bonchev–Trinajstić information content (AvgIpc) is 2.28. The molecular formula is C12H7F2NO2. The summed E-state index contributed by atoms with van der Waals surface area (Å²) in [6.45, 7) is 0. The van der Waals surface area contributed by atoms with Crippen LogP contribution in [0.2, 0.25) is 0 Å². The highest BCUT2D eigenvalue weighted by Crippen LogP contribution is 2.23. The van der Waals surface area contributed by atoms with Crippen molar-refractivity contribution in [1.29, 1.82) is 0 Å². The molecular weight excluding hydrogens is 228 g/mol. The molecule has 0 heterocycles. The van der Waals surface area contributed by atoms with Crippen LogP contribution in [0.25, 0.3) is 11.1 Å². The zero-order chi connectivity index (χ0) is 12.4. The van der Waals surface area contributed by atoms with Crippen LogP contribution >= 0.6 is 0 Å². The minimum Gasteiger partial charge on any atom is -0.258 e. The summed E-state index contributed by atoms with van der Waals surface area (Å²) in [4.78, 5) is 9.91. The largest absolute Gasteiger partial charge is 0.269 e. The molecule has 0 radical (unpaired) electrons. The highest BCUT2D eigenvalue weighted by atomic mass is 19.1. The van der Waals surface area contributed by atoms with Crippen LogP contribution in [0.15, 0.2) is 42.5 Å². The minimum atomic E-state index is -0.682. The molecule has 0 saturated heterocycles. The van der Waals surface area contributed by atoms with Gasteiger partial charge in [0.25, 0.3) is 5.69 Å². The van der Waals surface area contributed by atoms with E-state index in [1.807, 2.05) is 0 Å². The highest BCUT2D eigenvalue weighted by molar-refractivity contribution is 5.64. The third kappa shape index (κ3) is 2.44. The second-order valence-electron chi connectivity index (χ2n) is 3.46. The Bertz CT molecular complexity index is 547. The molecule has 0 aliphatic carbocycles. The summed E-state index contributed by atoms with van der Waals surface area (Å²) in [5.74, 6) is -1.36. The van der Waals surface area contributed by atoms with E-state index in [1.54, 1.807) is 0 Å². The Morgan fingerprint density at radius 2 is 1.41 bits per heavy atom. The minimum absolute atomic E-state index is 0.0642. The summed E-state index contributed by atoms with van der Waals surface area (Å²) in [5.41, 5.74) is 0.803. The Balaban J connectivity index is 2.43. The third-order valence-corrected chi connectivity index (χ3v) is 2.27. The summed E-state index contributed by atoms with van der Waals surface area (Å²) in [6, 6.07) is 8.60. The molecule has 2 aromatic carbocycles. The Labute approximate surface area is 95.5 Å². The number of benzene rings is 2. The normalized spacial score (nSPS) is 10.2. The summed E-state index contributed by atoms with van der Waals surface area (Å²) in [7, 11) is 0. The molecule has 0 unspecified atom stereocenters. The van der Waals surface area contributed by atoms with Gasteiger partial charge in [0.1, 0.15) is 11.6 Å². The van der Waals surface area contributed by atoms with Crippen molar-refractivity contribution in [3.05, 3.63) is 64.2 Å². The van der Waals surface area contributed by atoms with Crippen LogP contribution in [0.4, 0.5) is 14.5 Å². The van der Waals surface area contributed by atoms with Crippen molar-refractivity contribution in [1.82, 2.24) is 0 Å². The highest BCUT2D eigenvalue weighted by Gasteiger charge is 2.07. The van der Waals surface area contributed by atoms with Gasteiger partial charge in [-0.1, -0.05) is 0 Å². The molecule has 0 bridgehead atoms. The van der Waals surface area contributed by atoms with Crippen LogP contribution in [0.1, 0.15) is 0 Å². The van der Waals surface area contributed by atoms with Gasteiger partial charge in [-0.05, 0) is 35.4 Å². The van der Waals surface area contributed by atoms with Crippen LogP contribution in [0, 0.1) is 21.7 Å². The van der Waals surface area contributed by atoms with Gasteiger partial charge in [0.2, 0.25) is 0 Å². The van der Waals surface area contributed by atoms with Crippen molar-refractivity contribution >= 4 is 5.69 Å². The first-order valence-corrected chi connectivity index (χ1v) is 4.77. The van der Waals surface area contributed by atoms with E-state index in [0.29, 0.717) is 11.1 Å². The van der Waals surface area contributed by atoms with Crippen molar-refractivity contribution < 1.29 is 13.7 Å². The van der Waals surface area contributed by atoms with Crippen molar-refractivity contribution in [3.8, 4) is 11.1 Å². The zero-order valence-corrected chi connectivity index (χ0v) is 8.56. The standard InChI is InChI=1S/C12H7F2NO2/c13-10-5-9(6-11(14)7-10)8-1-3-12(4-2-8)15(16)17/h1-7H. The van der Waals surface area contributed by atoms with Gasteiger partial charge in [-0.15, -0.1) is 0 Å². The Kier molecular flexibility index (Phi) is 2.82. The monoisotopic (exact) mass is 235 g/mol. The fourth-order valence-electron chi connectivity index (χ4n) is 1.50. The zero-order valence-electron chi connectivity index (χ0n) is 8.56. The molecule has 0 spiro atoms. The summed E-state index contributed by atoms with van der Waals surface area (Å²) >= 11 is 0. The lowest BCUT2D eigenvalue weighted by atomic mass is 10.1. The molecule has 2 aromatic rings. The molecule has 17 heavy (non-hydrogen) atoms. The summed E-state index contributed by atoms with van der Waals surface area (Å²) < 4.78 is 25.9. The maximum Gasteiger partial charge on any atom is 0.269 e. The van der Waals surface area contributed by atoms with Crippen molar-refractivity contribution in [2.75, 3.05) is 0 Å². The molecule has 2 rings (SSSR count). The molecule has 0 aliphatic rings. The lowest BCUT2D eigenvalue weighted by Gasteiger charge is -2.02. The molecule has 5 heteroatoms. The van der Waals surface area contributed by atoms with Crippen LogP contribution in [0.5, 0.6) is 0 Å². The fourth-order valence-corrected chi connectivity index (χ4v) is 1.50. The second kappa shape index (κ2) is 4.29. The van der Waals surface area contributed by atoms with Gasteiger partial charge in [-0.25, -0.2) is 8.78 Å². The quantitative estimate of drug-likeness (QED) is 0.590. The van der Waals surface area contributed by atoms with Crippen LogP contribution in [0.3, 0.4) is 0 Å². The molecule has 0 aliphatic heterocycles. The van der Waals surface area contributed by atoms with Crippen molar-refractivity contribution in [3.63, 3.8) is 0 Å². The van der Waals surface area contributed by atoms with E-state index < -0.39 is 16.6 Å². The number of nitrogens with zero attached hydrogens (tertiary/aromatic N) is 1. The molecule has 0 amide bonds. The maximum atomic E-state index is 13.0. The fraction of sp³-hybridized carbons (Fsp3) is 0. The number of hydrogen-bond acceptors (Lipinski definition) is 2. The molecule has 0 N–H and O–H groups in total. The molecule has 0 aromatic heterocycles. The molecule has 0 fully saturated rings. The number of hydrogen-bond donors (Lipinski definition) is 0. The van der Waals surface area contributed by atoms with E-state index in [9.17, 15) is 18.9 Å². The predicted octanol–water partition coefficient (Wildman–Crippen LogP) is 3.54. The molecule has 0 saturated carbocycles. The number of nitro benzene ring substituents is 1. The summed E-state index contributed by atoms with van der Waals surface area (Å²) in [6.07, 6.45) is 0. The van der Waals surface area contributed by atoms with E-state index >= 15 is 0 Å². The van der Waals surface area contributed by atoms with Crippen molar-refractivity contribution in [2.24, 2.45) is 0 Å². The molecule has 0 atom stereocenters. The number of non-ortho nitro benzene ring substituents is 1. The lowest BCUT2D eigenvalue weighted by molar-refractivity contribution is -0.384. The van der Waals surface area contributed by atoms with Gasteiger partial charge in [-0.3, -0.25) is 10.1 Å². The van der Waals surface area contributed by atoms with Gasteiger partial charge >= 0.3 is 0 Å². The lowest BCUT2D eigenvalue weighted by Crippen LogP contribution is -1.88. The van der Waals surface area contributed by atoms with E-state index in [4.69, 9.17) is 0 Å². The Hall–Kier alpha value is -2.30. The first-order chi connectivity index (χ1) is 8.06. The van der Waals surface area contributed by atoms with E-state index in [0.717, 1.165) is 6.07 Å². The molecule has 86 valence electrons. The predicted molar refractivity (Wildman–Crippen MR) is 58.4 cm³/mol. The van der Waals surface area contributed by atoms with Crippen LogP contribution < -0.4 is 0 Å². The van der Waals surface area contributed by atoms with E-state index in [-0.39, 0.29) is 5.69 Å². The van der Waals surface area contributed by atoms with Gasteiger partial charge in [0.15, 0.2) is 0 Å². The topological polar surface area (TPSA) is 43.1 Å². The van der Waals surface area contributed by atoms with Gasteiger partial charge in [0.05, 0.1) is 4.92 Å². The third-order valence-electron chi connectivity index (χ3n) is 2.27. The number of nitro groups is 1. The maximum absolute atomic E-state index is 13.0. The first-order valence-electron chi connectivity index (χ1n) is 4.77. The molecule has 3 nitrogen and oxygen atoms in total. The van der Waals surface area contributed by atoms with Crippen molar-refractivity contribution in [2.45, 2.75) is 0 Å². The average molecular weight is 235 g/mol. The van der Waals surface area contributed by atoms with Gasteiger partial charge in [-0.2, -0.15) is 0 Å². The number of rotatable bonds is 2. The van der Waals surface area contributed by atoms with Crippen LogP contribution in [-0.2, 0) is 0 Å². The van der Waals surface area contributed by atoms with Gasteiger partial charge in [0, 0.05) is 18.2 Å². The van der Waals surface area contributed by atoms with E-state index in [2.05, 4.69) is 0 Å². The Morgan fingerprint density at radius 1 is 0.882 bits per heavy atom. The smallest absolute Gasteiger partial charge is 0.258 e. The first kappa shape index (κ1) is 11.2. The second-order valence-corrected chi connectivity index (χ2v) is 3.46. The number of halogens is 2. The van der Waals surface area contributed by atoms with E-state index in [1.165, 1.54) is 36.4 Å². The summed E-state index contributed by atoms with van der Waals surface area (Å²) in [5, 5.41) is 10.4. The SMILES string of the molecule is O=[N+]([O-])c1ccc(-c2cc(F)cc(F)c2)cc1. The van der Waals surface area contributed by atoms with Gasteiger partial charge < -0.3 is 0 Å².